The van der Waals surface area contributed by atoms with Crippen LogP contribution in [0.5, 0.6) is 5.88 Å². The number of H-pyrrole nitrogens is 1. The lowest BCUT2D eigenvalue weighted by molar-refractivity contribution is 0.455. The third-order valence-electron chi connectivity index (χ3n) is 4.65. The summed E-state index contributed by atoms with van der Waals surface area (Å²) in [4.78, 5) is 13.9. The number of aromatic amines is 1. The van der Waals surface area contributed by atoms with Crippen molar-refractivity contribution in [2.24, 2.45) is 0 Å². The Morgan fingerprint density at radius 2 is 1.32 bits per heavy atom. The van der Waals surface area contributed by atoms with E-state index in [-0.39, 0.29) is 10.8 Å². The van der Waals surface area contributed by atoms with Gasteiger partial charge in [0.15, 0.2) is 0 Å². The zero-order valence-corrected chi connectivity index (χ0v) is 16.8. The van der Waals surface area contributed by atoms with Crippen LogP contribution in [0.15, 0.2) is 10.9 Å². The number of hydrogen-bond acceptors (Lipinski definition) is 3. The normalized spacial score (nSPS) is 11.6. The maximum absolute atomic E-state index is 11.1. The lowest BCUT2D eigenvalue weighted by Crippen LogP contribution is -1.89. The monoisotopic (exact) mass is 367 g/mol. The second-order valence-corrected chi connectivity index (χ2v) is 8.03. The molecule has 25 heavy (non-hydrogen) atoms. The maximum Gasteiger partial charge on any atom is 0.307 e. The van der Waals surface area contributed by atoms with Gasteiger partial charge in [0, 0.05) is 0 Å². The average Bonchev–Trinajstić information content (AvgIpc) is 2.92. The van der Waals surface area contributed by atoms with Crippen LogP contribution in [0.1, 0.15) is 108 Å². The smallest absolute Gasteiger partial charge is 0.307 e. The summed E-state index contributed by atoms with van der Waals surface area (Å²) in [7, 11) is 0. The van der Waals surface area contributed by atoms with E-state index in [1.807, 2.05) is 6.08 Å². The number of hydrogen-bond donors (Lipinski definition) is 2. The molecule has 0 saturated heterocycles. The van der Waals surface area contributed by atoms with Gasteiger partial charge >= 0.3 is 4.87 Å². The van der Waals surface area contributed by atoms with Gasteiger partial charge in [-0.05, 0) is 18.9 Å². The summed E-state index contributed by atoms with van der Waals surface area (Å²) in [6, 6.07) is 0. The van der Waals surface area contributed by atoms with Crippen molar-refractivity contribution >= 4 is 17.4 Å². The molecule has 0 saturated carbocycles. The van der Waals surface area contributed by atoms with Crippen molar-refractivity contribution in [3.8, 4) is 5.88 Å². The molecule has 1 aromatic heterocycles. The molecule has 0 unspecified atom stereocenters. The van der Waals surface area contributed by atoms with Crippen LogP contribution in [0.4, 0.5) is 0 Å². The van der Waals surface area contributed by atoms with Gasteiger partial charge in [-0.25, -0.2) is 0 Å². The van der Waals surface area contributed by atoms with E-state index in [4.69, 9.17) is 0 Å². The first-order valence-electron chi connectivity index (χ1n) is 10.3. The van der Waals surface area contributed by atoms with E-state index in [1.165, 1.54) is 89.9 Å². The highest BCUT2D eigenvalue weighted by molar-refractivity contribution is 7.10. The fourth-order valence-corrected chi connectivity index (χ4v) is 3.75. The molecule has 1 rings (SSSR count). The molecule has 0 aliphatic carbocycles. The molecule has 0 fully saturated rings. The zero-order valence-electron chi connectivity index (χ0n) is 16.0. The molecule has 0 aliphatic heterocycles. The molecule has 0 bridgehead atoms. The van der Waals surface area contributed by atoms with Gasteiger partial charge in [0.2, 0.25) is 5.88 Å². The van der Waals surface area contributed by atoms with E-state index in [1.54, 1.807) is 0 Å². The molecule has 2 N–H and O–H groups in total. The minimum absolute atomic E-state index is 0.00721. The molecule has 1 heterocycles. The third kappa shape index (κ3) is 12.0. The number of unbranched alkanes of at least 4 members (excludes halogenated alkanes) is 14. The van der Waals surface area contributed by atoms with E-state index in [9.17, 15) is 9.90 Å². The topological polar surface area (TPSA) is 53.1 Å². The third-order valence-corrected chi connectivity index (χ3v) is 5.49. The number of aromatic nitrogens is 1. The number of thiazole rings is 1. The van der Waals surface area contributed by atoms with Crippen molar-refractivity contribution < 1.29 is 5.11 Å². The molecule has 0 amide bonds. The molecule has 4 heteroatoms. The highest BCUT2D eigenvalue weighted by Crippen LogP contribution is 2.18. The first kappa shape index (κ1) is 22.0. The van der Waals surface area contributed by atoms with Gasteiger partial charge in [-0.3, -0.25) is 9.78 Å². The number of aromatic hydroxyl groups is 1. The first-order chi connectivity index (χ1) is 12.2. The van der Waals surface area contributed by atoms with Crippen LogP contribution in [0.3, 0.4) is 0 Å². The van der Waals surface area contributed by atoms with Crippen LogP contribution in [-0.4, -0.2) is 10.1 Å². The number of nitrogens with one attached hydrogen (secondary N) is 1. The van der Waals surface area contributed by atoms with Crippen molar-refractivity contribution in [2.45, 2.75) is 103 Å². The van der Waals surface area contributed by atoms with E-state index in [0.29, 0.717) is 4.88 Å². The van der Waals surface area contributed by atoms with Gasteiger partial charge in [-0.1, -0.05) is 108 Å². The summed E-state index contributed by atoms with van der Waals surface area (Å²) < 4.78 is 0. The Hall–Kier alpha value is -1.03. The van der Waals surface area contributed by atoms with Gasteiger partial charge in [0.1, 0.15) is 0 Å². The standard InChI is InChI=1S/C21H37NO2S/c1-2-3-4-5-6-7-8-9-10-11-12-13-14-15-16-17-18-19-20(23)22-21(24)25-19/h17-18,23H,2-16H2,1H3,(H,22,24). The Morgan fingerprint density at radius 3 is 1.76 bits per heavy atom. The molecular formula is C21H37NO2S. The Kier molecular flexibility index (Phi) is 13.4. The van der Waals surface area contributed by atoms with Gasteiger partial charge in [0.05, 0.1) is 4.88 Å². The second kappa shape index (κ2) is 15.2. The fraction of sp³-hybridized carbons (Fsp3) is 0.762. The molecule has 0 radical (unpaired) electrons. The van der Waals surface area contributed by atoms with E-state index in [2.05, 4.69) is 18.0 Å². The molecule has 0 aliphatic rings. The van der Waals surface area contributed by atoms with Gasteiger partial charge in [-0.2, -0.15) is 0 Å². The highest BCUT2D eigenvalue weighted by atomic mass is 32.1. The molecule has 0 spiro atoms. The first-order valence-corrected chi connectivity index (χ1v) is 11.1. The van der Waals surface area contributed by atoms with Gasteiger partial charge < -0.3 is 5.11 Å². The van der Waals surface area contributed by atoms with E-state index in [0.717, 1.165) is 17.8 Å². The zero-order chi connectivity index (χ0) is 18.2. The Bertz CT molecular complexity index is 504. The van der Waals surface area contributed by atoms with Crippen LogP contribution in [0.2, 0.25) is 0 Å². The number of rotatable bonds is 16. The summed E-state index contributed by atoms with van der Waals surface area (Å²) in [6.45, 7) is 2.27. The number of allylic oxidation sites excluding steroid dienone is 1. The summed E-state index contributed by atoms with van der Waals surface area (Å²) in [5.74, 6) is -0.00721. The van der Waals surface area contributed by atoms with Crippen molar-refractivity contribution in [3.63, 3.8) is 0 Å². The van der Waals surface area contributed by atoms with E-state index < -0.39 is 0 Å². The summed E-state index contributed by atoms with van der Waals surface area (Å²) in [5.41, 5.74) is 0. The Morgan fingerprint density at radius 1 is 0.840 bits per heavy atom. The summed E-state index contributed by atoms with van der Waals surface area (Å²) in [5, 5.41) is 9.46. The van der Waals surface area contributed by atoms with E-state index >= 15 is 0 Å². The predicted octanol–water partition coefficient (Wildman–Crippen LogP) is 7.03. The minimum atomic E-state index is -0.200. The maximum atomic E-state index is 11.1. The van der Waals surface area contributed by atoms with Crippen molar-refractivity contribution in [1.82, 2.24) is 4.98 Å². The van der Waals surface area contributed by atoms with Crippen LogP contribution >= 0.6 is 11.3 Å². The van der Waals surface area contributed by atoms with Crippen LogP contribution < -0.4 is 4.87 Å². The summed E-state index contributed by atoms with van der Waals surface area (Å²) in [6.07, 6.45) is 24.2. The van der Waals surface area contributed by atoms with Crippen LogP contribution in [0.25, 0.3) is 6.08 Å². The fourth-order valence-electron chi connectivity index (χ4n) is 3.09. The van der Waals surface area contributed by atoms with Crippen LogP contribution in [-0.2, 0) is 0 Å². The van der Waals surface area contributed by atoms with Gasteiger partial charge in [-0.15, -0.1) is 0 Å². The SMILES string of the molecule is CCCCCCCCCCCCCCCCC=Cc1sc(=O)[nH]c1O. The van der Waals surface area contributed by atoms with Crippen molar-refractivity contribution in [1.29, 1.82) is 0 Å². The van der Waals surface area contributed by atoms with Crippen LogP contribution in [0, 0.1) is 0 Å². The quantitative estimate of drug-likeness (QED) is 0.308. The minimum Gasteiger partial charge on any atom is -0.493 e. The lowest BCUT2D eigenvalue weighted by Gasteiger charge is -2.02. The van der Waals surface area contributed by atoms with Crippen molar-refractivity contribution in [2.75, 3.05) is 0 Å². The average molecular weight is 368 g/mol. The molecule has 1 aromatic rings. The molecule has 0 aromatic carbocycles. The molecule has 3 nitrogen and oxygen atoms in total. The van der Waals surface area contributed by atoms with Gasteiger partial charge in [0.25, 0.3) is 0 Å². The molecule has 0 atom stereocenters. The largest absolute Gasteiger partial charge is 0.493 e. The Labute approximate surface area is 157 Å². The predicted molar refractivity (Wildman–Crippen MR) is 111 cm³/mol. The Balaban J connectivity index is 1.82. The second-order valence-electron chi connectivity index (χ2n) is 7.01. The molecular weight excluding hydrogens is 330 g/mol. The van der Waals surface area contributed by atoms with Crippen molar-refractivity contribution in [3.05, 3.63) is 20.6 Å². The summed E-state index contributed by atoms with van der Waals surface area (Å²) >= 11 is 1.05. The highest BCUT2D eigenvalue weighted by Gasteiger charge is 2.01. The molecule has 144 valence electrons. The lowest BCUT2D eigenvalue weighted by atomic mass is 10.0.